The summed E-state index contributed by atoms with van der Waals surface area (Å²) in [6, 6.07) is 8.19. The lowest BCUT2D eigenvalue weighted by molar-refractivity contribution is 0.207. The number of anilines is 1. The third kappa shape index (κ3) is 1.96. The average molecular weight is 204 g/mol. The highest BCUT2D eigenvalue weighted by Crippen LogP contribution is 2.19. The Kier molecular flexibility index (Phi) is 2.62. The molecular weight excluding hydrogens is 188 g/mol. The molecule has 1 fully saturated rings. The topological polar surface area (TPSA) is 23.6 Å². The predicted molar refractivity (Wildman–Crippen MR) is 61.2 cm³/mol. The molecule has 15 heavy (non-hydrogen) atoms. The lowest BCUT2D eigenvalue weighted by Gasteiger charge is -2.33. The number of rotatable bonds is 1. The summed E-state index contributed by atoms with van der Waals surface area (Å²) in [6.07, 6.45) is 1.04. The minimum atomic E-state index is 0.102. The normalized spacial score (nSPS) is 17.1. The van der Waals surface area contributed by atoms with E-state index in [-0.39, 0.29) is 6.03 Å². The molecule has 0 radical (unpaired) electrons. The van der Waals surface area contributed by atoms with Crippen LogP contribution in [0.2, 0.25) is 0 Å². The van der Waals surface area contributed by atoms with Crippen molar-refractivity contribution in [2.75, 3.05) is 25.0 Å². The second-order valence-corrected chi connectivity index (χ2v) is 4.04. The number of amides is 2. The molecule has 0 saturated carbocycles. The van der Waals surface area contributed by atoms with E-state index in [1.807, 2.05) is 43.1 Å². The van der Waals surface area contributed by atoms with Crippen LogP contribution in [0.25, 0.3) is 0 Å². The Morgan fingerprint density at radius 2 is 1.80 bits per heavy atom. The first-order valence-corrected chi connectivity index (χ1v) is 5.28. The van der Waals surface area contributed by atoms with Crippen LogP contribution in [0.15, 0.2) is 24.3 Å². The molecule has 3 heteroatoms. The van der Waals surface area contributed by atoms with Crippen LogP contribution in [0, 0.1) is 6.92 Å². The smallest absolute Gasteiger partial charge is 0.324 e. The van der Waals surface area contributed by atoms with E-state index in [0.29, 0.717) is 0 Å². The fraction of sp³-hybridized carbons (Fsp3) is 0.417. The Bertz CT molecular complexity index is 358. The maximum atomic E-state index is 11.9. The summed E-state index contributed by atoms with van der Waals surface area (Å²) in [5.41, 5.74) is 2.22. The number of aryl methyl sites for hydroxylation is 1. The Morgan fingerprint density at radius 3 is 2.47 bits per heavy atom. The highest BCUT2D eigenvalue weighted by atomic mass is 16.2. The van der Waals surface area contributed by atoms with Gasteiger partial charge in [-0.1, -0.05) is 17.7 Å². The van der Waals surface area contributed by atoms with Crippen LogP contribution in [0.5, 0.6) is 0 Å². The molecule has 0 spiro atoms. The molecule has 1 aromatic carbocycles. The van der Waals surface area contributed by atoms with Crippen molar-refractivity contribution in [2.45, 2.75) is 13.3 Å². The van der Waals surface area contributed by atoms with Crippen LogP contribution >= 0.6 is 0 Å². The highest BCUT2D eigenvalue weighted by Gasteiger charge is 2.23. The van der Waals surface area contributed by atoms with Gasteiger partial charge >= 0.3 is 6.03 Å². The molecule has 0 aliphatic carbocycles. The lowest BCUT2D eigenvalue weighted by atomic mass is 10.2. The van der Waals surface area contributed by atoms with Gasteiger partial charge in [0.2, 0.25) is 0 Å². The molecule has 1 aliphatic rings. The number of hydrogen-bond acceptors (Lipinski definition) is 1. The zero-order chi connectivity index (χ0) is 10.8. The van der Waals surface area contributed by atoms with E-state index < -0.39 is 0 Å². The fourth-order valence-corrected chi connectivity index (χ4v) is 1.83. The number of hydrogen-bond donors (Lipinski definition) is 0. The number of urea groups is 1. The van der Waals surface area contributed by atoms with Gasteiger partial charge in [-0.25, -0.2) is 4.79 Å². The predicted octanol–water partition coefficient (Wildman–Crippen LogP) is 2.26. The summed E-state index contributed by atoms with van der Waals surface area (Å²) in [5.74, 6) is 0. The zero-order valence-electron chi connectivity index (χ0n) is 9.23. The minimum Gasteiger partial charge on any atom is -0.327 e. The summed E-state index contributed by atoms with van der Waals surface area (Å²) in [5, 5.41) is 0. The highest BCUT2D eigenvalue weighted by molar-refractivity contribution is 5.92. The molecule has 1 heterocycles. The van der Waals surface area contributed by atoms with Crippen molar-refractivity contribution in [2.24, 2.45) is 0 Å². The van der Waals surface area contributed by atoms with Gasteiger partial charge in [0, 0.05) is 25.8 Å². The van der Waals surface area contributed by atoms with Crippen molar-refractivity contribution in [3.05, 3.63) is 29.8 Å². The zero-order valence-corrected chi connectivity index (χ0v) is 9.23. The van der Waals surface area contributed by atoms with Gasteiger partial charge in [-0.05, 0) is 25.5 Å². The molecule has 1 aromatic rings. The third-order valence-electron chi connectivity index (χ3n) is 2.78. The summed E-state index contributed by atoms with van der Waals surface area (Å²) in [7, 11) is 1.85. The monoisotopic (exact) mass is 204 g/mol. The minimum absolute atomic E-state index is 0.102. The Hall–Kier alpha value is -1.51. The van der Waals surface area contributed by atoms with Gasteiger partial charge in [-0.2, -0.15) is 0 Å². The Labute approximate surface area is 90.3 Å². The van der Waals surface area contributed by atoms with Gasteiger partial charge in [-0.3, -0.25) is 4.90 Å². The maximum Gasteiger partial charge on any atom is 0.324 e. The molecule has 0 unspecified atom stereocenters. The van der Waals surface area contributed by atoms with Gasteiger partial charge in [0.1, 0.15) is 0 Å². The van der Waals surface area contributed by atoms with E-state index in [1.54, 1.807) is 4.90 Å². The number of benzene rings is 1. The van der Waals surface area contributed by atoms with E-state index in [2.05, 4.69) is 0 Å². The van der Waals surface area contributed by atoms with E-state index in [4.69, 9.17) is 0 Å². The Morgan fingerprint density at radius 1 is 1.13 bits per heavy atom. The molecule has 1 saturated heterocycles. The summed E-state index contributed by atoms with van der Waals surface area (Å²) >= 11 is 0. The van der Waals surface area contributed by atoms with Crippen molar-refractivity contribution in [1.29, 1.82) is 0 Å². The molecule has 2 amide bonds. The number of nitrogens with zero attached hydrogens (tertiary/aromatic N) is 2. The molecular formula is C12H16N2O. The average Bonchev–Trinajstić information content (AvgIpc) is 2.24. The lowest BCUT2D eigenvalue weighted by Crippen LogP contribution is -2.47. The largest absolute Gasteiger partial charge is 0.327 e. The van der Waals surface area contributed by atoms with Crippen LogP contribution < -0.4 is 4.90 Å². The van der Waals surface area contributed by atoms with Gasteiger partial charge in [0.05, 0.1) is 0 Å². The van der Waals surface area contributed by atoms with Crippen molar-refractivity contribution in [3.8, 4) is 0 Å². The molecule has 2 rings (SSSR count). The van der Waals surface area contributed by atoms with Crippen LogP contribution in [0.1, 0.15) is 12.0 Å². The quantitative estimate of drug-likeness (QED) is 0.688. The van der Waals surface area contributed by atoms with Crippen molar-refractivity contribution in [1.82, 2.24) is 4.90 Å². The van der Waals surface area contributed by atoms with E-state index >= 15 is 0 Å². The molecule has 0 atom stereocenters. The molecule has 1 aliphatic heterocycles. The first kappa shape index (κ1) is 10.0. The molecule has 0 N–H and O–H groups in total. The fourth-order valence-electron chi connectivity index (χ4n) is 1.83. The SMILES string of the molecule is Cc1ccc(N2CCCN(C)C2=O)cc1. The standard InChI is InChI=1S/C12H16N2O/c1-10-4-6-11(7-5-10)14-9-3-8-13(2)12(14)15/h4-7H,3,8-9H2,1-2H3. The molecule has 0 aromatic heterocycles. The van der Waals surface area contributed by atoms with Gasteiger partial charge in [0.25, 0.3) is 0 Å². The first-order valence-electron chi connectivity index (χ1n) is 5.28. The first-order chi connectivity index (χ1) is 7.18. The third-order valence-corrected chi connectivity index (χ3v) is 2.78. The van der Waals surface area contributed by atoms with Crippen LogP contribution in [0.4, 0.5) is 10.5 Å². The van der Waals surface area contributed by atoms with E-state index in [1.165, 1.54) is 5.56 Å². The van der Waals surface area contributed by atoms with Gasteiger partial charge in [-0.15, -0.1) is 0 Å². The second-order valence-electron chi connectivity index (χ2n) is 4.04. The molecule has 3 nitrogen and oxygen atoms in total. The summed E-state index contributed by atoms with van der Waals surface area (Å²) in [4.78, 5) is 15.5. The number of carbonyl (C=O) groups is 1. The van der Waals surface area contributed by atoms with Gasteiger partial charge < -0.3 is 4.90 Å². The summed E-state index contributed by atoms with van der Waals surface area (Å²) in [6.45, 7) is 3.74. The van der Waals surface area contributed by atoms with Crippen LogP contribution in [-0.4, -0.2) is 31.1 Å². The van der Waals surface area contributed by atoms with Crippen LogP contribution in [-0.2, 0) is 0 Å². The number of carbonyl (C=O) groups excluding carboxylic acids is 1. The van der Waals surface area contributed by atoms with Crippen molar-refractivity contribution in [3.63, 3.8) is 0 Å². The summed E-state index contributed by atoms with van der Waals surface area (Å²) < 4.78 is 0. The van der Waals surface area contributed by atoms with Crippen molar-refractivity contribution < 1.29 is 4.79 Å². The van der Waals surface area contributed by atoms with Gasteiger partial charge in [0.15, 0.2) is 0 Å². The van der Waals surface area contributed by atoms with E-state index in [9.17, 15) is 4.79 Å². The van der Waals surface area contributed by atoms with Crippen LogP contribution in [0.3, 0.4) is 0 Å². The maximum absolute atomic E-state index is 11.9. The van der Waals surface area contributed by atoms with E-state index in [0.717, 1.165) is 25.2 Å². The Balaban J connectivity index is 2.22. The molecule has 0 bridgehead atoms. The molecule has 80 valence electrons. The second kappa shape index (κ2) is 3.93. The van der Waals surface area contributed by atoms with Crippen molar-refractivity contribution >= 4 is 11.7 Å².